The molecule has 0 heterocycles. The molecule has 0 saturated carbocycles. The van der Waals surface area contributed by atoms with Gasteiger partial charge in [0.1, 0.15) is 25.9 Å². The average Bonchev–Trinajstić information content (AvgIpc) is 3.11. The minimum Gasteiger partial charge on any atom is -0.463 e. The lowest BCUT2D eigenvalue weighted by Crippen LogP contribution is -2.37. The molecule has 53 heavy (non-hydrogen) atoms. The van der Waals surface area contributed by atoms with Gasteiger partial charge in [0, 0.05) is 13.0 Å². The molecule has 0 aromatic rings. The second-order valence-corrected chi connectivity index (χ2v) is 16.8. The first-order chi connectivity index (χ1) is 25.6. The van der Waals surface area contributed by atoms with E-state index in [2.05, 4.69) is 62.5 Å². The summed E-state index contributed by atoms with van der Waals surface area (Å²) in [4.78, 5) is 22.6. The molecule has 0 bridgehead atoms. The summed E-state index contributed by atoms with van der Waals surface area (Å²) in [6, 6.07) is 0. The Balaban J connectivity index is 4.34. The van der Waals surface area contributed by atoms with E-state index in [4.69, 9.17) is 18.5 Å². The molecule has 0 aromatic heterocycles. The van der Waals surface area contributed by atoms with Crippen molar-refractivity contribution in [1.82, 2.24) is 0 Å². The third kappa shape index (κ3) is 41.5. The lowest BCUT2D eigenvalue weighted by Gasteiger charge is -2.24. The summed E-state index contributed by atoms with van der Waals surface area (Å²) in [6.07, 6.45) is 44.4. The van der Waals surface area contributed by atoms with E-state index < -0.39 is 13.9 Å². The van der Waals surface area contributed by atoms with Gasteiger partial charge in [-0.1, -0.05) is 152 Å². The Hall–Kier alpha value is -1.54. The molecule has 2 atom stereocenters. The van der Waals surface area contributed by atoms with Crippen molar-refractivity contribution < 1.29 is 37.3 Å². The Morgan fingerprint density at radius 1 is 0.585 bits per heavy atom. The highest BCUT2D eigenvalue weighted by atomic mass is 31.2. The normalized spacial score (nSPS) is 14.3. The van der Waals surface area contributed by atoms with Crippen molar-refractivity contribution in [3.05, 3.63) is 48.6 Å². The molecule has 0 rings (SSSR count). The first-order valence-corrected chi connectivity index (χ1v) is 22.9. The smallest absolute Gasteiger partial charge is 0.463 e. The fourth-order valence-corrected chi connectivity index (χ4v) is 6.25. The quantitative estimate of drug-likeness (QED) is 0.0219. The molecule has 310 valence electrons. The summed E-state index contributed by atoms with van der Waals surface area (Å²) in [5.41, 5.74) is 0. The van der Waals surface area contributed by atoms with E-state index >= 15 is 0 Å². The lowest BCUT2D eigenvalue weighted by atomic mass is 10.0. The van der Waals surface area contributed by atoms with E-state index in [1.54, 1.807) is 0 Å². The summed E-state index contributed by atoms with van der Waals surface area (Å²) in [5.74, 6) is -0.270. The number of ether oxygens (including phenoxy) is 2. The summed E-state index contributed by atoms with van der Waals surface area (Å²) >= 11 is 0. The molecule has 1 N–H and O–H groups in total. The number of likely N-dealkylation sites (N-methyl/N-ethyl adjacent to an activating group) is 1. The number of esters is 1. The topological polar surface area (TPSA) is 91.3 Å². The number of allylic oxidation sites excluding steroid dienone is 8. The highest BCUT2D eigenvalue weighted by molar-refractivity contribution is 7.47. The number of phosphoric acid groups is 1. The predicted octanol–water partition coefficient (Wildman–Crippen LogP) is 12.4. The highest BCUT2D eigenvalue weighted by Crippen LogP contribution is 2.43. The van der Waals surface area contributed by atoms with Crippen LogP contribution in [0.4, 0.5) is 0 Å². The second kappa shape index (κ2) is 37.4. The van der Waals surface area contributed by atoms with Crippen molar-refractivity contribution in [2.75, 3.05) is 54.1 Å². The molecular formula is C44H83NO7P+. The summed E-state index contributed by atoms with van der Waals surface area (Å²) in [5, 5.41) is 0. The molecule has 0 radical (unpaired) electrons. The number of nitrogens with zero attached hydrogens (tertiary/aromatic N) is 1. The fraction of sp³-hybridized carbons (Fsp3) is 0.795. The minimum absolute atomic E-state index is 0.0205. The van der Waals surface area contributed by atoms with Crippen LogP contribution in [0, 0.1) is 0 Å². The number of carbonyl (C=O) groups is 1. The van der Waals surface area contributed by atoms with Crippen molar-refractivity contribution in [3.8, 4) is 0 Å². The molecule has 0 amide bonds. The third-order valence-electron chi connectivity index (χ3n) is 8.93. The number of phosphoric ester groups is 1. The number of hydrogen-bond donors (Lipinski definition) is 1. The minimum atomic E-state index is -4.25. The summed E-state index contributed by atoms with van der Waals surface area (Å²) < 4.78 is 34.9. The molecular weight excluding hydrogens is 685 g/mol. The van der Waals surface area contributed by atoms with Crippen LogP contribution in [0.2, 0.25) is 0 Å². The van der Waals surface area contributed by atoms with E-state index in [1.165, 1.54) is 89.9 Å². The van der Waals surface area contributed by atoms with Gasteiger partial charge < -0.3 is 18.9 Å². The van der Waals surface area contributed by atoms with Crippen molar-refractivity contribution >= 4 is 13.8 Å². The van der Waals surface area contributed by atoms with Gasteiger partial charge in [-0.3, -0.25) is 13.8 Å². The van der Waals surface area contributed by atoms with Crippen LogP contribution in [0.5, 0.6) is 0 Å². The maximum absolute atomic E-state index is 12.5. The molecule has 0 aromatic carbocycles. The largest absolute Gasteiger partial charge is 0.472 e. The Kier molecular flexibility index (Phi) is 36.3. The van der Waals surface area contributed by atoms with Crippen LogP contribution in [0.25, 0.3) is 0 Å². The molecule has 0 aliphatic rings. The Bertz CT molecular complexity index is 989. The van der Waals surface area contributed by atoms with Crippen molar-refractivity contribution in [3.63, 3.8) is 0 Å². The number of rotatable bonds is 39. The van der Waals surface area contributed by atoms with Crippen LogP contribution >= 0.6 is 7.82 Å². The second-order valence-electron chi connectivity index (χ2n) is 15.4. The van der Waals surface area contributed by atoms with Crippen LogP contribution in [-0.4, -0.2) is 75.6 Å². The molecule has 0 fully saturated rings. The lowest BCUT2D eigenvalue weighted by molar-refractivity contribution is -0.870. The molecule has 9 heteroatoms. The molecule has 0 aliphatic heterocycles. The zero-order valence-electron chi connectivity index (χ0n) is 35.0. The number of quaternary nitrogens is 1. The van der Waals surface area contributed by atoms with E-state index in [0.717, 1.165) is 57.8 Å². The van der Waals surface area contributed by atoms with Gasteiger partial charge >= 0.3 is 13.8 Å². The number of carbonyl (C=O) groups excluding carboxylic acids is 1. The first kappa shape index (κ1) is 51.5. The van der Waals surface area contributed by atoms with Crippen molar-refractivity contribution in [1.29, 1.82) is 0 Å². The van der Waals surface area contributed by atoms with Gasteiger partial charge in [-0.15, -0.1) is 0 Å². The molecule has 0 saturated heterocycles. The summed E-state index contributed by atoms with van der Waals surface area (Å²) in [6.45, 7) is 5.37. The highest BCUT2D eigenvalue weighted by Gasteiger charge is 2.25. The maximum atomic E-state index is 12.5. The average molecular weight is 769 g/mol. The van der Waals surface area contributed by atoms with Gasteiger partial charge in [0.15, 0.2) is 0 Å². The van der Waals surface area contributed by atoms with Crippen molar-refractivity contribution in [2.24, 2.45) is 0 Å². The molecule has 0 aliphatic carbocycles. The maximum Gasteiger partial charge on any atom is 0.472 e. The number of hydrogen-bond acceptors (Lipinski definition) is 6. The van der Waals surface area contributed by atoms with E-state index in [-0.39, 0.29) is 25.8 Å². The van der Waals surface area contributed by atoms with Gasteiger partial charge in [-0.25, -0.2) is 4.57 Å². The standard InChI is InChI=1S/C44H82NO7P/c1-6-8-10-12-14-16-18-20-21-22-23-24-26-28-30-32-34-36-39-49-43(42-52-53(47,48)51-40-38-45(3,4)5)41-50-44(46)37-35-33-31-29-27-25-19-17-15-13-11-9-7-2/h14,16,20-21,23-24,28,30,43H,6-13,15,17-19,22,25-27,29,31-42H2,1-5H3/p+1/b16-14-,21-20-,24-23-,30-28-/t43-/m1/s1. The fourth-order valence-electron chi connectivity index (χ4n) is 5.51. The van der Waals surface area contributed by atoms with E-state index in [9.17, 15) is 14.3 Å². The number of unbranched alkanes of at least 4 members (excludes halogenated alkanes) is 17. The van der Waals surface area contributed by atoms with Crippen LogP contribution in [-0.2, 0) is 27.9 Å². The van der Waals surface area contributed by atoms with Crippen LogP contribution in [0.3, 0.4) is 0 Å². The van der Waals surface area contributed by atoms with Gasteiger partial charge in [-0.05, 0) is 57.8 Å². The van der Waals surface area contributed by atoms with Crippen molar-refractivity contribution in [2.45, 2.75) is 174 Å². The van der Waals surface area contributed by atoms with Crippen LogP contribution < -0.4 is 0 Å². The van der Waals surface area contributed by atoms with Gasteiger partial charge in [0.25, 0.3) is 0 Å². The van der Waals surface area contributed by atoms with Gasteiger partial charge in [-0.2, -0.15) is 0 Å². The van der Waals surface area contributed by atoms with Crippen LogP contribution in [0.1, 0.15) is 168 Å². The third-order valence-corrected chi connectivity index (χ3v) is 9.92. The van der Waals surface area contributed by atoms with Gasteiger partial charge in [0.2, 0.25) is 0 Å². The van der Waals surface area contributed by atoms with Crippen LogP contribution in [0.15, 0.2) is 48.6 Å². The Morgan fingerprint density at radius 2 is 1.04 bits per heavy atom. The molecule has 8 nitrogen and oxygen atoms in total. The van der Waals surface area contributed by atoms with E-state index in [0.29, 0.717) is 24.1 Å². The predicted molar refractivity (Wildman–Crippen MR) is 224 cm³/mol. The zero-order valence-corrected chi connectivity index (χ0v) is 35.9. The monoisotopic (exact) mass is 769 g/mol. The zero-order chi connectivity index (χ0) is 39.1. The molecule has 0 spiro atoms. The Labute approximate surface area is 327 Å². The Morgan fingerprint density at radius 3 is 1.55 bits per heavy atom. The van der Waals surface area contributed by atoms with E-state index in [1.807, 2.05) is 21.1 Å². The molecule has 1 unspecified atom stereocenters. The first-order valence-electron chi connectivity index (χ1n) is 21.4. The summed E-state index contributed by atoms with van der Waals surface area (Å²) in [7, 11) is 1.68. The van der Waals surface area contributed by atoms with Gasteiger partial charge in [0.05, 0.1) is 27.7 Å². The SMILES string of the molecule is CCCCC/C=C\C/C=C\C/C=C\C/C=C\CCCCO[C@H](COC(=O)CCCCCCCCCCCCCCC)COP(=O)(O)OCC[N+](C)(C)C.